The van der Waals surface area contributed by atoms with E-state index in [-0.39, 0.29) is 0 Å². The van der Waals surface area contributed by atoms with Gasteiger partial charge >= 0.3 is 0 Å². The van der Waals surface area contributed by atoms with Gasteiger partial charge in [-0.2, -0.15) is 0 Å². The Hall–Kier alpha value is -1.58. The topological polar surface area (TPSA) is 27.8 Å². The van der Waals surface area contributed by atoms with Crippen molar-refractivity contribution in [2.75, 3.05) is 13.6 Å². The zero-order valence-electron chi connectivity index (χ0n) is 11.7. The Balaban J connectivity index is 1.98. The van der Waals surface area contributed by atoms with Crippen molar-refractivity contribution in [1.29, 1.82) is 0 Å². The van der Waals surface area contributed by atoms with Crippen molar-refractivity contribution in [3.05, 3.63) is 58.4 Å². The number of hydrogen-bond donors (Lipinski definition) is 2. The van der Waals surface area contributed by atoms with Gasteiger partial charge in [-0.1, -0.05) is 18.2 Å². The summed E-state index contributed by atoms with van der Waals surface area (Å²) in [5.74, 6) is 0.503. The standard InChI is InChI=1S/C17H20N2S/c1-18-10-3-6-15(17-8-4-12-20-17)13-5-2-7-16-14(13)9-11-19-16/h2,4-5,7-9,11-12,15,18-19H,3,6,10H2,1H3/t15-/m0/s1. The van der Waals surface area contributed by atoms with Crippen LogP contribution in [0.15, 0.2) is 48.0 Å². The maximum absolute atomic E-state index is 3.32. The van der Waals surface area contributed by atoms with E-state index in [0.29, 0.717) is 5.92 Å². The summed E-state index contributed by atoms with van der Waals surface area (Å²) < 4.78 is 0. The molecule has 0 aliphatic heterocycles. The normalized spacial score (nSPS) is 12.8. The molecule has 0 saturated heterocycles. The van der Waals surface area contributed by atoms with Gasteiger partial charge in [0.1, 0.15) is 0 Å². The number of benzene rings is 1. The SMILES string of the molecule is CNCCC[C@H](c1cccs1)c1cccc2[nH]ccc12. The van der Waals surface area contributed by atoms with E-state index in [1.807, 2.05) is 24.6 Å². The average molecular weight is 284 g/mol. The molecule has 20 heavy (non-hydrogen) atoms. The van der Waals surface area contributed by atoms with Crippen molar-refractivity contribution >= 4 is 22.2 Å². The molecule has 2 nitrogen and oxygen atoms in total. The lowest BCUT2D eigenvalue weighted by atomic mass is 9.90. The summed E-state index contributed by atoms with van der Waals surface area (Å²) in [7, 11) is 2.02. The predicted molar refractivity (Wildman–Crippen MR) is 87.6 cm³/mol. The number of hydrogen-bond acceptors (Lipinski definition) is 2. The van der Waals surface area contributed by atoms with Crippen LogP contribution in [0.2, 0.25) is 0 Å². The van der Waals surface area contributed by atoms with Crippen LogP contribution >= 0.6 is 11.3 Å². The van der Waals surface area contributed by atoms with Crippen molar-refractivity contribution in [3.63, 3.8) is 0 Å². The molecule has 0 spiro atoms. The summed E-state index contributed by atoms with van der Waals surface area (Å²) >= 11 is 1.86. The highest BCUT2D eigenvalue weighted by molar-refractivity contribution is 7.10. The van der Waals surface area contributed by atoms with Crippen molar-refractivity contribution in [3.8, 4) is 0 Å². The fraction of sp³-hybridized carbons (Fsp3) is 0.294. The van der Waals surface area contributed by atoms with Crippen molar-refractivity contribution in [2.45, 2.75) is 18.8 Å². The maximum Gasteiger partial charge on any atom is 0.0456 e. The van der Waals surface area contributed by atoms with Crippen molar-refractivity contribution in [2.24, 2.45) is 0 Å². The Labute approximate surface area is 123 Å². The second-order valence-corrected chi connectivity index (χ2v) is 6.08. The van der Waals surface area contributed by atoms with Gasteiger partial charge in [0.2, 0.25) is 0 Å². The molecule has 104 valence electrons. The molecule has 0 aliphatic rings. The second kappa shape index (κ2) is 6.25. The Morgan fingerprint density at radius 1 is 1.20 bits per heavy atom. The molecule has 2 heterocycles. The minimum Gasteiger partial charge on any atom is -0.361 e. The molecule has 0 unspecified atom stereocenters. The third-order valence-corrected chi connectivity index (χ3v) is 4.80. The number of rotatable bonds is 6. The van der Waals surface area contributed by atoms with E-state index >= 15 is 0 Å². The average Bonchev–Trinajstić information content (AvgIpc) is 3.14. The third-order valence-electron chi connectivity index (χ3n) is 3.81. The Kier molecular flexibility index (Phi) is 4.19. The van der Waals surface area contributed by atoms with Gasteiger partial charge in [-0.15, -0.1) is 11.3 Å². The predicted octanol–water partition coefficient (Wildman–Crippen LogP) is 4.36. The molecule has 3 heteroatoms. The molecule has 3 rings (SSSR count). The van der Waals surface area contributed by atoms with Gasteiger partial charge < -0.3 is 10.3 Å². The van der Waals surface area contributed by atoms with Crippen LogP contribution in [0.5, 0.6) is 0 Å². The molecule has 3 aromatic rings. The Morgan fingerprint density at radius 2 is 2.15 bits per heavy atom. The molecule has 2 aromatic heterocycles. The van der Waals surface area contributed by atoms with Gasteiger partial charge in [-0.3, -0.25) is 0 Å². The molecule has 1 aromatic carbocycles. The number of aromatic nitrogens is 1. The number of nitrogens with one attached hydrogen (secondary N) is 2. The minimum atomic E-state index is 0.503. The minimum absolute atomic E-state index is 0.503. The van der Waals surface area contributed by atoms with E-state index in [9.17, 15) is 0 Å². The fourth-order valence-electron chi connectivity index (χ4n) is 2.84. The third kappa shape index (κ3) is 2.65. The van der Waals surface area contributed by atoms with Crippen LogP contribution < -0.4 is 5.32 Å². The van der Waals surface area contributed by atoms with Crippen LogP contribution in [-0.4, -0.2) is 18.6 Å². The van der Waals surface area contributed by atoms with E-state index < -0.39 is 0 Å². The van der Waals surface area contributed by atoms with E-state index in [1.165, 1.54) is 34.2 Å². The summed E-state index contributed by atoms with van der Waals surface area (Å²) in [6.07, 6.45) is 4.42. The largest absolute Gasteiger partial charge is 0.361 e. The lowest BCUT2D eigenvalue weighted by Gasteiger charge is -2.17. The molecule has 0 fully saturated rings. The van der Waals surface area contributed by atoms with Gasteiger partial charge in [0.15, 0.2) is 0 Å². The zero-order valence-corrected chi connectivity index (χ0v) is 12.5. The number of fused-ring (bicyclic) bond motifs is 1. The highest BCUT2D eigenvalue weighted by Gasteiger charge is 2.17. The highest BCUT2D eigenvalue weighted by Crippen LogP contribution is 2.35. The van der Waals surface area contributed by atoms with Gasteiger partial charge in [0, 0.05) is 27.9 Å². The van der Waals surface area contributed by atoms with Crippen molar-refractivity contribution < 1.29 is 0 Å². The quantitative estimate of drug-likeness (QED) is 0.647. The first-order valence-electron chi connectivity index (χ1n) is 7.14. The summed E-state index contributed by atoms with van der Waals surface area (Å²) in [6.45, 7) is 1.07. The maximum atomic E-state index is 3.32. The molecular weight excluding hydrogens is 264 g/mol. The van der Waals surface area contributed by atoms with Crippen LogP contribution in [0.25, 0.3) is 10.9 Å². The lowest BCUT2D eigenvalue weighted by molar-refractivity contribution is 0.636. The second-order valence-electron chi connectivity index (χ2n) is 5.10. The van der Waals surface area contributed by atoms with Crippen LogP contribution in [0.4, 0.5) is 0 Å². The molecule has 2 N–H and O–H groups in total. The molecule has 0 aliphatic carbocycles. The van der Waals surface area contributed by atoms with Crippen LogP contribution in [0, 0.1) is 0 Å². The summed E-state index contributed by atoms with van der Waals surface area (Å²) in [4.78, 5) is 4.79. The number of thiophene rings is 1. The van der Waals surface area contributed by atoms with Crippen LogP contribution in [0.1, 0.15) is 29.2 Å². The van der Waals surface area contributed by atoms with Gasteiger partial charge in [-0.25, -0.2) is 0 Å². The van der Waals surface area contributed by atoms with Gasteiger partial charge in [0.05, 0.1) is 0 Å². The smallest absolute Gasteiger partial charge is 0.0456 e. The molecule has 0 saturated carbocycles. The zero-order chi connectivity index (χ0) is 13.8. The first-order chi connectivity index (χ1) is 9.90. The monoisotopic (exact) mass is 284 g/mol. The molecule has 1 atom stereocenters. The number of H-pyrrole nitrogens is 1. The molecule has 0 amide bonds. The Bertz CT molecular complexity index is 655. The van der Waals surface area contributed by atoms with E-state index in [1.54, 1.807) is 0 Å². The Morgan fingerprint density at radius 3 is 2.95 bits per heavy atom. The van der Waals surface area contributed by atoms with Gasteiger partial charge in [0.25, 0.3) is 0 Å². The van der Waals surface area contributed by atoms with E-state index in [0.717, 1.165) is 6.54 Å². The fourth-order valence-corrected chi connectivity index (χ4v) is 3.72. The van der Waals surface area contributed by atoms with E-state index in [4.69, 9.17) is 0 Å². The first kappa shape index (κ1) is 13.4. The summed E-state index contributed by atoms with van der Waals surface area (Å²) in [5, 5.41) is 6.78. The number of aromatic amines is 1. The van der Waals surface area contributed by atoms with Crippen LogP contribution in [0.3, 0.4) is 0 Å². The van der Waals surface area contributed by atoms with Crippen LogP contribution in [-0.2, 0) is 0 Å². The lowest BCUT2D eigenvalue weighted by Crippen LogP contribution is -2.10. The van der Waals surface area contributed by atoms with E-state index in [2.05, 4.69) is 52.1 Å². The summed E-state index contributed by atoms with van der Waals surface area (Å²) in [5.41, 5.74) is 2.68. The van der Waals surface area contributed by atoms with Gasteiger partial charge in [-0.05, 0) is 55.6 Å². The molecular formula is C17H20N2S. The first-order valence-corrected chi connectivity index (χ1v) is 8.02. The molecule has 0 radical (unpaired) electrons. The highest BCUT2D eigenvalue weighted by atomic mass is 32.1. The van der Waals surface area contributed by atoms with Crippen molar-refractivity contribution in [1.82, 2.24) is 10.3 Å². The molecule has 0 bridgehead atoms. The summed E-state index contributed by atoms with van der Waals surface area (Å²) in [6, 6.07) is 13.2.